The third kappa shape index (κ3) is 3.87. The van der Waals surface area contributed by atoms with Gasteiger partial charge in [0.25, 0.3) is 0 Å². The fourth-order valence-electron chi connectivity index (χ4n) is 3.35. The van der Waals surface area contributed by atoms with Crippen molar-refractivity contribution in [3.8, 4) is 0 Å². The van der Waals surface area contributed by atoms with E-state index in [2.05, 4.69) is 16.9 Å². The first-order chi connectivity index (χ1) is 12.1. The van der Waals surface area contributed by atoms with Gasteiger partial charge < -0.3 is 9.80 Å². The highest BCUT2D eigenvalue weighted by Crippen LogP contribution is 2.35. The Bertz CT molecular complexity index is 738. The molecule has 1 aliphatic heterocycles. The first-order valence-corrected chi connectivity index (χ1v) is 8.55. The molecule has 7 heteroatoms. The van der Waals surface area contributed by atoms with Crippen molar-refractivity contribution in [2.75, 3.05) is 29.9 Å². The molecule has 0 N–H and O–H groups in total. The molecule has 0 saturated carbocycles. The number of hydrogen-bond acceptors (Lipinski definition) is 6. The van der Waals surface area contributed by atoms with Crippen LogP contribution >= 0.6 is 0 Å². The molecule has 132 valence electrons. The predicted octanol–water partition coefficient (Wildman–Crippen LogP) is 3.26. The van der Waals surface area contributed by atoms with Crippen LogP contribution in [-0.4, -0.2) is 35.0 Å². The summed E-state index contributed by atoms with van der Waals surface area (Å²) in [5, 5.41) is 11.8. The van der Waals surface area contributed by atoms with Crippen LogP contribution in [0, 0.1) is 16.0 Å². The van der Waals surface area contributed by atoms with Gasteiger partial charge in [-0.15, -0.1) is 0 Å². The largest absolute Gasteiger partial charge is 0.353 e. The van der Waals surface area contributed by atoms with Crippen LogP contribution in [-0.2, 0) is 6.54 Å². The molecule has 1 fully saturated rings. The summed E-state index contributed by atoms with van der Waals surface area (Å²) < 4.78 is 0. The molecule has 1 atom stereocenters. The van der Waals surface area contributed by atoms with Gasteiger partial charge >= 0.3 is 5.69 Å². The maximum atomic E-state index is 11.8. The second-order valence-electron chi connectivity index (χ2n) is 6.66. The van der Waals surface area contributed by atoms with E-state index in [1.807, 2.05) is 47.2 Å². The van der Waals surface area contributed by atoms with Crippen LogP contribution < -0.4 is 9.80 Å². The Morgan fingerprint density at radius 1 is 1.32 bits per heavy atom. The summed E-state index contributed by atoms with van der Waals surface area (Å²) in [6.07, 6.45) is 3.60. The lowest BCUT2D eigenvalue weighted by molar-refractivity contribution is -0.383. The second-order valence-corrected chi connectivity index (χ2v) is 6.66. The normalized spacial score (nSPS) is 17.4. The van der Waals surface area contributed by atoms with Crippen molar-refractivity contribution in [1.29, 1.82) is 0 Å². The van der Waals surface area contributed by atoms with Crippen LogP contribution in [0.25, 0.3) is 0 Å². The maximum Gasteiger partial charge on any atom is 0.353 e. The van der Waals surface area contributed by atoms with E-state index < -0.39 is 0 Å². The molecule has 1 aliphatic rings. The van der Waals surface area contributed by atoms with Crippen LogP contribution in [0.3, 0.4) is 0 Å². The monoisotopic (exact) mass is 341 g/mol. The zero-order chi connectivity index (χ0) is 17.8. The molecule has 0 amide bonds. The van der Waals surface area contributed by atoms with Gasteiger partial charge in [0.15, 0.2) is 0 Å². The molecule has 2 aromatic rings. The summed E-state index contributed by atoms with van der Waals surface area (Å²) in [7, 11) is 1.82. The molecule has 3 rings (SSSR count). The van der Waals surface area contributed by atoms with Crippen LogP contribution in [0.1, 0.15) is 25.3 Å². The molecular weight excluding hydrogens is 318 g/mol. The molecule has 0 spiro atoms. The average molecular weight is 341 g/mol. The molecule has 1 aromatic heterocycles. The van der Waals surface area contributed by atoms with Gasteiger partial charge in [-0.25, -0.2) is 9.97 Å². The van der Waals surface area contributed by atoms with Crippen molar-refractivity contribution >= 4 is 17.3 Å². The van der Waals surface area contributed by atoms with Crippen molar-refractivity contribution in [3.05, 3.63) is 52.3 Å². The standard InChI is InChI=1S/C18H23N5O2/c1-14-7-6-10-22(11-14)18-16(23(24)25)17(19-13-20-18)21(2)12-15-8-4-3-5-9-15/h3-5,8-9,13-14H,6-7,10-12H2,1-2H3. The Morgan fingerprint density at radius 3 is 2.76 bits per heavy atom. The van der Waals surface area contributed by atoms with Crippen molar-refractivity contribution in [2.45, 2.75) is 26.3 Å². The van der Waals surface area contributed by atoms with E-state index in [0.29, 0.717) is 24.1 Å². The zero-order valence-electron chi connectivity index (χ0n) is 14.6. The second kappa shape index (κ2) is 7.46. The number of benzene rings is 1. The Hall–Kier alpha value is -2.70. The van der Waals surface area contributed by atoms with Crippen molar-refractivity contribution in [3.63, 3.8) is 0 Å². The van der Waals surface area contributed by atoms with Crippen LogP contribution in [0.5, 0.6) is 0 Å². The quantitative estimate of drug-likeness (QED) is 0.614. The number of hydrogen-bond donors (Lipinski definition) is 0. The van der Waals surface area contributed by atoms with Crippen molar-refractivity contribution in [1.82, 2.24) is 9.97 Å². The Balaban J connectivity index is 1.93. The van der Waals surface area contributed by atoms with E-state index in [1.165, 1.54) is 6.33 Å². The summed E-state index contributed by atoms with van der Waals surface area (Å²) in [6.45, 7) is 4.31. The van der Waals surface area contributed by atoms with E-state index in [9.17, 15) is 10.1 Å². The third-order valence-electron chi connectivity index (χ3n) is 4.55. The van der Waals surface area contributed by atoms with Crippen molar-refractivity contribution < 1.29 is 4.92 Å². The lowest BCUT2D eigenvalue weighted by Crippen LogP contribution is -2.35. The van der Waals surface area contributed by atoms with E-state index in [-0.39, 0.29) is 10.6 Å². The maximum absolute atomic E-state index is 11.8. The number of nitro groups is 1. The smallest absolute Gasteiger partial charge is 0.350 e. The highest BCUT2D eigenvalue weighted by atomic mass is 16.6. The number of anilines is 2. The topological polar surface area (TPSA) is 75.4 Å². The minimum absolute atomic E-state index is 0.00460. The summed E-state index contributed by atoms with van der Waals surface area (Å²) >= 11 is 0. The molecular formula is C18H23N5O2. The number of rotatable bonds is 5. The molecule has 0 aliphatic carbocycles. The molecule has 7 nitrogen and oxygen atoms in total. The van der Waals surface area contributed by atoms with Gasteiger partial charge in [-0.1, -0.05) is 37.3 Å². The summed E-state index contributed by atoms with van der Waals surface area (Å²) in [6, 6.07) is 9.86. The summed E-state index contributed by atoms with van der Waals surface area (Å²) in [4.78, 5) is 23.7. The van der Waals surface area contributed by atoms with Gasteiger partial charge in [0.1, 0.15) is 6.33 Å². The van der Waals surface area contributed by atoms with E-state index in [0.717, 1.165) is 31.5 Å². The Morgan fingerprint density at radius 2 is 2.08 bits per heavy atom. The minimum atomic E-state index is -0.356. The molecule has 1 unspecified atom stereocenters. The first-order valence-electron chi connectivity index (χ1n) is 8.55. The van der Waals surface area contributed by atoms with E-state index in [1.54, 1.807) is 0 Å². The molecule has 0 radical (unpaired) electrons. The minimum Gasteiger partial charge on any atom is -0.350 e. The number of nitrogens with zero attached hydrogens (tertiary/aromatic N) is 5. The van der Waals surface area contributed by atoms with Gasteiger partial charge in [0.05, 0.1) is 4.92 Å². The van der Waals surface area contributed by atoms with Crippen molar-refractivity contribution in [2.24, 2.45) is 5.92 Å². The van der Waals surface area contributed by atoms with Crippen LogP contribution in [0.2, 0.25) is 0 Å². The van der Waals surface area contributed by atoms with Crippen LogP contribution in [0.4, 0.5) is 17.3 Å². The fourth-order valence-corrected chi connectivity index (χ4v) is 3.35. The van der Waals surface area contributed by atoms with E-state index >= 15 is 0 Å². The highest BCUT2D eigenvalue weighted by Gasteiger charge is 2.30. The first kappa shape index (κ1) is 17.1. The van der Waals surface area contributed by atoms with Crippen LogP contribution in [0.15, 0.2) is 36.7 Å². The van der Waals surface area contributed by atoms with Gasteiger partial charge in [0, 0.05) is 26.7 Å². The lowest BCUT2D eigenvalue weighted by atomic mass is 10.0. The van der Waals surface area contributed by atoms with Gasteiger partial charge in [-0.2, -0.15) is 0 Å². The SMILES string of the molecule is CC1CCCN(c2ncnc(N(C)Cc3ccccc3)c2[N+](=O)[O-])C1. The fraction of sp³-hybridized carbons (Fsp3) is 0.444. The molecule has 1 aromatic carbocycles. The molecule has 0 bridgehead atoms. The molecule has 25 heavy (non-hydrogen) atoms. The van der Waals surface area contributed by atoms with Gasteiger partial charge in [-0.05, 0) is 24.3 Å². The number of aromatic nitrogens is 2. The Kier molecular flexibility index (Phi) is 5.11. The Labute approximate surface area is 147 Å². The van der Waals surface area contributed by atoms with Gasteiger partial charge in [0.2, 0.25) is 11.6 Å². The zero-order valence-corrected chi connectivity index (χ0v) is 14.6. The average Bonchev–Trinajstić information content (AvgIpc) is 2.61. The van der Waals surface area contributed by atoms with E-state index in [4.69, 9.17) is 0 Å². The third-order valence-corrected chi connectivity index (χ3v) is 4.55. The number of piperidine rings is 1. The molecule has 2 heterocycles. The molecule has 1 saturated heterocycles. The summed E-state index contributed by atoms with van der Waals surface area (Å²) in [5.74, 6) is 1.30. The highest BCUT2D eigenvalue weighted by molar-refractivity contribution is 5.71. The van der Waals surface area contributed by atoms with Gasteiger partial charge in [-0.3, -0.25) is 10.1 Å². The lowest BCUT2D eigenvalue weighted by Gasteiger charge is -2.31. The predicted molar refractivity (Wildman–Crippen MR) is 97.8 cm³/mol. The summed E-state index contributed by atoms with van der Waals surface area (Å²) in [5.41, 5.74) is 1.07.